The summed E-state index contributed by atoms with van der Waals surface area (Å²) in [4.78, 5) is 3.98. The minimum atomic E-state index is 0.293. The van der Waals surface area contributed by atoms with Crippen molar-refractivity contribution in [3.63, 3.8) is 0 Å². The second kappa shape index (κ2) is 6.13. The lowest BCUT2D eigenvalue weighted by Gasteiger charge is -2.14. The van der Waals surface area contributed by atoms with Gasteiger partial charge in [0.1, 0.15) is 17.6 Å². The summed E-state index contributed by atoms with van der Waals surface area (Å²) >= 11 is 6.10. The number of ether oxygens (including phenoxy) is 2. The van der Waals surface area contributed by atoms with E-state index in [0.29, 0.717) is 33.6 Å². The normalized spacial score (nSPS) is 9.70. The fourth-order valence-corrected chi connectivity index (χ4v) is 1.94. The lowest BCUT2D eigenvalue weighted by Crippen LogP contribution is -1.99. The first-order chi connectivity index (χ1) is 9.69. The molecule has 0 spiro atoms. The molecule has 0 aliphatic heterocycles. The van der Waals surface area contributed by atoms with Gasteiger partial charge in [-0.2, -0.15) is 5.26 Å². The van der Waals surface area contributed by atoms with Crippen LogP contribution in [0.1, 0.15) is 5.69 Å². The molecule has 2 rings (SSSR count). The van der Waals surface area contributed by atoms with Gasteiger partial charge in [-0.3, -0.25) is 0 Å². The zero-order valence-corrected chi connectivity index (χ0v) is 11.7. The second-order valence-corrected chi connectivity index (χ2v) is 4.23. The number of hydrogen-bond acceptors (Lipinski definition) is 5. The number of benzene rings is 1. The molecule has 0 saturated heterocycles. The molecule has 1 aromatic carbocycles. The van der Waals surface area contributed by atoms with Gasteiger partial charge in [-0.15, -0.1) is 0 Å². The van der Waals surface area contributed by atoms with Crippen LogP contribution in [0.25, 0.3) is 0 Å². The molecule has 6 heteroatoms. The third-order valence-corrected chi connectivity index (χ3v) is 2.95. The predicted molar refractivity (Wildman–Crippen MR) is 76.8 cm³/mol. The molecule has 1 N–H and O–H groups in total. The summed E-state index contributed by atoms with van der Waals surface area (Å²) in [5, 5.41) is 12.6. The first-order valence-electron chi connectivity index (χ1n) is 5.73. The van der Waals surface area contributed by atoms with Crippen LogP contribution < -0.4 is 14.8 Å². The third-order valence-electron chi connectivity index (χ3n) is 2.66. The summed E-state index contributed by atoms with van der Waals surface area (Å²) in [6, 6.07) is 8.86. The molecule has 5 nitrogen and oxygen atoms in total. The Hall–Kier alpha value is -2.45. The van der Waals surface area contributed by atoms with Crippen LogP contribution in [0.2, 0.25) is 5.02 Å². The molecule has 1 heterocycles. The van der Waals surface area contributed by atoms with Crippen LogP contribution in [0.15, 0.2) is 30.5 Å². The molecule has 0 atom stereocenters. The van der Waals surface area contributed by atoms with E-state index in [1.807, 2.05) is 6.07 Å². The van der Waals surface area contributed by atoms with Crippen LogP contribution in [0.5, 0.6) is 11.5 Å². The van der Waals surface area contributed by atoms with Crippen molar-refractivity contribution in [2.24, 2.45) is 0 Å². The van der Waals surface area contributed by atoms with Crippen molar-refractivity contribution in [3.05, 3.63) is 41.2 Å². The quantitative estimate of drug-likeness (QED) is 0.934. The Morgan fingerprint density at radius 3 is 2.60 bits per heavy atom. The number of anilines is 2. The minimum absolute atomic E-state index is 0.293. The summed E-state index contributed by atoms with van der Waals surface area (Å²) in [6.45, 7) is 0. The fourth-order valence-electron chi connectivity index (χ4n) is 1.70. The van der Waals surface area contributed by atoms with Crippen LogP contribution in [-0.4, -0.2) is 19.2 Å². The Bertz CT molecular complexity index is 668. The molecule has 2 aromatic rings. The average Bonchev–Trinajstić information content (AvgIpc) is 2.48. The zero-order valence-electron chi connectivity index (χ0n) is 11.0. The molecule has 1 aromatic heterocycles. The summed E-state index contributed by atoms with van der Waals surface area (Å²) in [5.74, 6) is 1.07. The SMILES string of the molecule is COc1cc(OC)c(Nc2cccnc2C#N)cc1Cl. The van der Waals surface area contributed by atoms with Crippen LogP contribution in [-0.2, 0) is 0 Å². The van der Waals surface area contributed by atoms with E-state index in [1.54, 1.807) is 37.6 Å². The minimum Gasteiger partial charge on any atom is -0.495 e. The number of halogens is 1. The van der Waals surface area contributed by atoms with Gasteiger partial charge in [0.05, 0.1) is 30.6 Å². The molecule has 0 aliphatic carbocycles. The molecule has 0 unspecified atom stereocenters. The van der Waals surface area contributed by atoms with E-state index >= 15 is 0 Å². The van der Waals surface area contributed by atoms with Crippen molar-refractivity contribution in [3.8, 4) is 17.6 Å². The number of nitrogens with one attached hydrogen (secondary N) is 1. The molecule has 0 aliphatic rings. The zero-order chi connectivity index (χ0) is 14.5. The topological polar surface area (TPSA) is 67.2 Å². The first-order valence-corrected chi connectivity index (χ1v) is 6.11. The molecular weight excluding hydrogens is 278 g/mol. The van der Waals surface area contributed by atoms with E-state index in [2.05, 4.69) is 10.3 Å². The van der Waals surface area contributed by atoms with Crippen LogP contribution in [0, 0.1) is 11.3 Å². The van der Waals surface area contributed by atoms with Crippen LogP contribution in [0.4, 0.5) is 11.4 Å². The van der Waals surface area contributed by atoms with Crippen LogP contribution >= 0.6 is 11.6 Å². The maximum absolute atomic E-state index is 9.03. The van der Waals surface area contributed by atoms with Gasteiger partial charge in [0.15, 0.2) is 5.69 Å². The number of methoxy groups -OCH3 is 2. The largest absolute Gasteiger partial charge is 0.495 e. The van der Waals surface area contributed by atoms with Gasteiger partial charge in [0.2, 0.25) is 0 Å². The number of nitriles is 1. The van der Waals surface area contributed by atoms with Gasteiger partial charge >= 0.3 is 0 Å². The summed E-state index contributed by atoms with van der Waals surface area (Å²) in [7, 11) is 3.07. The highest BCUT2D eigenvalue weighted by Crippen LogP contribution is 2.37. The van der Waals surface area contributed by atoms with E-state index in [-0.39, 0.29) is 0 Å². The third kappa shape index (κ3) is 2.76. The van der Waals surface area contributed by atoms with Gasteiger partial charge in [-0.25, -0.2) is 4.98 Å². The van der Waals surface area contributed by atoms with E-state index in [4.69, 9.17) is 26.3 Å². The molecule has 0 radical (unpaired) electrons. The average molecular weight is 290 g/mol. The fraction of sp³-hybridized carbons (Fsp3) is 0.143. The van der Waals surface area contributed by atoms with Crippen molar-refractivity contribution in [2.75, 3.05) is 19.5 Å². The molecule has 0 fully saturated rings. The van der Waals surface area contributed by atoms with Gasteiger partial charge < -0.3 is 14.8 Å². The molecule has 102 valence electrons. The van der Waals surface area contributed by atoms with E-state index < -0.39 is 0 Å². The highest BCUT2D eigenvalue weighted by atomic mass is 35.5. The Morgan fingerprint density at radius 2 is 1.95 bits per heavy atom. The summed E-state index contributed by atoms with van der Waals surface area (Å²) < 4.78 is 10.4. The standard InChI is InChI=1S/C14H12ClN3O2/c1-19-13-7-14(20-2)11(6-9(13)15)18-10-4-3-5-17-12(10)8-16/h3-7,18H,1-2H3. The first kappa shape index (κ1) is 14.0. The van der Waals surface area contributed by atoms with Crippen molar-refractivity contribution in [1.82, 2.24) is 4.98 Å². The number of pyridine rings is 1. The number of rotatable bonds is 4. The second-order valence-electron chi connectivity index (χ2n) is 3.82. The molecule has 20 heavy (non-hydrogen) atoms. The maximum atomic E-state index is 9.03. The van der Waals surface area contributed by atoms with Gasteiger partial charge in [-0.1, -0.05) is 11.6 Å². The molecule has 0 bridgehead atoms. The highest BCUT2D eigenvalue weighted by molar-refractivity contribution is 6.32. The van der Waals surface area contributed by atoms with Gasteiger partial charge in [0, 0.05) is 12.3 Å². The van der Waals surface area contributed by atoms with Crippen molar-refractivity contribution in [2.45, 2.75) is 0 Å². The molecule has 0 saturated carbocycles. The van der Waals surface area contributed by atoms with Gasteiger partial charge in [0.25, 0.3) is 0 Å². The Labute approximate surface area is 121 Å². The number of aromatic nitrogens is 1. The number of hydrogen-bond donors (Lipinski definition) is 1. The Morgan fingerprint density at radius 1 is 1.20 bits per heavy atom. The van der Waals surface area contributed by atoms with Crippen molar-refractivity contribution < 1.29 is 9.47 Å². The van der Waals surface area contributed by atoms with Crippen molar-refractivity contribution in [1.29, 1.82) is 5.26 Å². The van der Waals surface area contributed by atoms with E-state index in [1.165, 1.54) is 7.11 Å². The lowest BCUT2D eigenvalue weighted by molar-refractivity contribution is 0.396. The Balaban J connectivity index is 2.43. The summed E-state index contributed by atoms with van der Waals surface area (Å²) in [6.07, 6.45) is 1.56. The number of nitrogens with zero attached hydrogens (tertiary/aromatic N) is 2. The van der Waals surface area contributed by atoms with E-state index in [0.717, 1.165) is 0 Å². The smallest absolute Gasteiger partial charge is 0.163 e. The molecular formula is C14H12ClN3O2. The van der Waals surface area contributed by atoms with Crippen LogP contribution in [0.3, 0.4) is 0 Å². The lowest BCUT2D eigenvalue weighted by atomic mass is 10.2. The predicted octanol–water partition coefficient (Wildman–Crippen LogP) is 3.37. The maximum Gasteiger partial charge on any atom is 0.163 e. The van der Waals surface area contributed by atoms with E-state index in [9.17, 15) is 0 Å². The van der Waals surface area contributed by atoms with Crippen molar-refractivity contribution >= 4 is 23.0 Å². The summed E-state index contributed by atoms with van der Waals surface area (Å²) in [5.41, 5.74) is 1.50. The monoisotopic (exact) mass is 289 g/mol. The highest BCUT2D eigenvalue weighted by Gasteiger charge is 2.11. The van der Waals surface area contributed by atoms with Gasteiger partial charge in [-0.05, 0) is 18.2 Å². The Kier molecular flexibility index (Phi) is 4.28. The molecule has 0 amide bonds.